The molecule has 0 saturated heterocycles. The van der Waals surface area contributed by atoms with Gasteiger partial charge in [-0.25, -0.2) is 0 Å². The molecule has 0 radical (unpaired) electrons. The summed E-state index contributed by atoms with van der Waals surface area (Å²) in [5.41, 5.74) is 2.63. The van der Waals surface area contributed by atoms with E-state index in [0.29, 0.717) is 0 Å². The number of benzene rings is 2. The summed E-state index contributed by atoms with van der Waals surface area (Å²) in [5.74, 6) is 0. The van der Waals surface area contributed by atoms with Crippen molar-refractivity contribution in [1.29, 1.82) is 0 Å². The monoisotopic (exact) mass is 200 g/mol. The minimum absolute atomic E-state index is 0.266. The molecule has 0 unspecified atom stereocenters. The van der Waals surface area contributed by atoms with Crippen molar-refractivity contribution in [2.45, 2.75) is 19.8 Å². The number of aryl methyl sites for hydroxylation is 2. The van der Waals surface area contributed by atoms with Gasteiger partial charge in [-0.1, -0.05) is 42.0 Å². The molecule has 15 heavy (non-hydrogen) atoms. The fraction of sp³-hybridized carbons (Fsp3) is 0.286. The van der Waals surface area contributed by atoms with Crippen LogP contribution >= 0.6 is 0 Å². The number of hydrogen-bond donors (Lipinski definition) is 1. The Kier molecular flexibility index (Phi) is 3.02. The van der Waals surface area contributed by atoms with Gasteiger partial charge in [-0.2, -0.15) is 0 Å². The van der Waals surface area contributed by atoms with E-state index in [0.717, 1.165) is 12.8 Å². The second kappa shape index (κ2) is 4.45. The molecule has 0 spiro atoms. The van der Waals surface area contributed by atoms with Crippen LogP contribution in [0.1, 0.15) is 17.5 Å². The molecule has 0 heterocycles. The Bertz CT molecular complexity index is 460. The van der Waals surface area contributed by atoms with Gasteiger partial charge in [0.25, 0.3) is 0 Å². The maximum absolute atomic E-state index is 8.85. The first-order valence-electron chi connectivity index (χ1n) is 5.40. The predicted octanol–water partition coefficient (Wildman–Crippen LogP) is 3.07. The van der Waals surface area contributed by atoms with Crippen LogP contribution in [0.25, 0.3) is 10.8 Å². The van der Waals surface area contributed by atoms with Gasteiger partial charge < -0.3 is 5.11 Å². The van der Waals surface area contributed by atoms with Crippen molar-refractivity contribution in [2.24, 2.45) is 0 Å². The van der Waals surface area contributed by atoms with E-state index in [1.807, 2.05) is 0 Å². The second-order valence-electron chi connectivity index (χ2n) is 3.97. The lowest BCUT2D eigenvalue weighted by Gasteiger charge is -2.06. The van der Waals surface area contributed by atoms with E-state index in [-0.39, 0.29) is 6.61 Å². The average molecular weight is 200 g/mol. The molecular formula is C14H16O. The van der Waals surface area contributed by atoms with E-state index in [4.69, 9.17) is 5.11 Å². The predicted molar refractivity (Wildman–Crippen MR) is 64.1 cm³/mol. The summed E-state index contributed by atoms with van der Waals surface area (Å²) in [5, 5.41) is 11.5. The summed E-state index contributed by atoms with van der Waals surface area (Å²) >= 11 is 0. The molecule has 1 nitrogen and oxygen atoms in total. The number of hydrogen-bond acceptors (Lipinski definition) is 1. The fourth-order valence-electron chi connectivity index (χ4n) is 1.94. The van der Waals surface area contributed by atoms with Crippen LogP contribution in [0.5, 0.6) is 0 Å². The molecule has 2 aromatic rings. The van der Waals surface area contributed by atoms with Gasteiger partial charge in [-0.3, -0.25) is 0 Å². The number of aliphatic hydroxyl groups is 1. The van der Waals surface area contributed by atoms with E-state index in [1.54, 1.807) is 0 Å². The minimum atomic E-state index is 0.266. The average Bonchev–Trinajstić information content (AvgIpc) is 2.26. The lowest BCUT2D eigenvalue weighted by atomic mass is 9.99. The smallest absolute Gasteiger partial charge is 0.0434 e. The fourth-order valence-corrected chi connectivity index (χ4v) is 1.94. The zero-order valence-corrected chi connectivity index (χ0v) is 9.03. The highest BCUT2D eigenvalue weighted by Crippen LogP contribution is 2.21. The van der Waals surface area contributed by atoms with Gasteiger partial charge in [0.2, 0.25) is 0 Å². The van der Waals surface area contributed by atoms with Gasteiger partial charge in [0.1, 0.15) is 0 Å². The van der Waals surface area contributed by atoms with Crippen LogP contribution in [0.2, 0.25) is 0 Å². The van der Waals surface area contributed by atoms with Crippen molar-refractivity contribution in [3.8, 4) is 0 Å². The normalized spacial score (nSPS) is 10.8. The summed E-state index contributed by atoms with van der Waals surface area (Å²) in [7, 11) is 0. The third-order valence-corrected chi connectivity index (χ3v) is 2.73. The van der Waals surface area contributed by atoms with Crippen LogP contribution in [-0.2, 0) is 6.42 Å². The van der Waals surface area contributed by atoms with E-state index < -0.39 is 0 Å². The maximum Gasteiger partial charge on any atom is 0.0434 e. The van der Waals surface area contributed by atoms with Crippen LogP contribution in [0.15, 0.2) is 36.4 Å². The number of fused-ring (bicyclic) bond motifs is 1. The molecule has 0 saturated carbocycles. The van der Waals surface area contributed by atoms with Crippen LogP contribution in [0.4, 0.5) is 0 Å². The molecule has 0 aliphatic carbocycles. The lowest BCUT2D eigenvalue weighted by Crippen LogP contribution is -1.91. The molecule has 0 bridgehead atoms. The molecule has 1 heteroatoms. The van der Waals surface area contributed by atoms with Gasteiger partial charge in [0, 0.05) is 6.61 Å². The molecule has 78 valence electrons. The number of aliphatic hydroxyl groups excluding tert-OH is 1. The summed E-state index contributed by atoms with van der Waals surface area (Å²) < 4.78 is 0. The highest BCUT2D eigenvalue weighted by atomic mass is 16.2. The first-order valence-corrected chi connectivity index (χ1v) is 5.40. The first-order chi connectivity index (χ1) is 7.31. The van der Waals surface area contributed by atoms with Gasteiger partial charge in [-0.15, -0.1) is 0 Å². The largest absolute Gasteiger partial charge is 0.396 e. The molecular weight excluding hydrogens is 184 g/mol. The summed E-state index contributed by atoms with van der Waals surface area (Å²) in [6, 6.07) is 12.9. The lowest BCUT2D eigenvalue weighted by molar-refractivity contribution is 0.289. The summed E-state index contributed by atoms with van der Waals surface area (Å²) in [4.78, 5) is 0. The van der Waals surface area contributed by atoms with Crippen LogP contribution < -0.4 is 0 Å². The van der Waals surface area contributed by atoms with Gasteiger partial charge in [0.05, 0.1) is 0 Å². The second-order valence-corrected chi connectivity index (χ2v) is 3.97. The third kappa shape index (κ3) is 2.18. The molecule has 1 N–H and O–H groups in total. The maximum atomic E-state index is 8.85. The van der Waals surface area contributed by atoms with E-state index in [9.17, 15) is 0 Å². The topological polar surface area (TPSA) is 20.2 Å². The van der Waals surface area contributed by atoms with Crippen molar-refractivity contribution in [1.82, 2.24) is 0 Å². The van der Waals surface area contributed by atoms with Crippen LogP contribution in [0, 0.1) is 6.92 Å². The Hall–Kier alpha value is -1.34. The third-order valence-electron chi connectivity index (χ3n) is 2.73. The van der Waals surface area contributed by atoms with Gasteiger partial charge in [-0.05, 0) is 36.1 Å². The number of rotatable bonds is 3. The molecule has 0 fully saturated rings. The Morgan fingerprint density at radius 3 is 2.80 bits per heavy atom. The molecule has 0 aliphatic heterocycles. The van der Waals surface area contributed by atoms with Gasteiger partial charge in [0.15, 0.2) is 0 Å². The van der Waals surface area contributed by atoms with Crippen LogP contribution in [0.3, 0.4) is 0 Å². The molecule has 2 rings (SSSR count). The van der Waals surface area contributed by atoms with E-state index in [1.165, 1.54) is 21.9 Å². The Labute approximate surface area is 90.4 Å². The van der Waals surface area contributed by atoms with Crippen molar-refractivity contribution < 1.29 is 5.11 Å². The SMILES string of the molecule is Cc1ccc2cccc(CCCO)c2c1. The standard InChI is InChI=1S/C14H16O/c1-11-7-8-13-5-2-4-12(6-3-9-15)14(13)10-11/h2,4-5,7-8,10,15H,3,6,9H2,1H3. The van der Waals surface area contributed by atoms with E-state index in [2.05, 4.69) is 43.3 Å². The first kappa shape index (κ1) is 10.2. The highest BCUT2D eigenvalue weighted by Gasteiger charge is 2.00. The quantitative estimate of drug-likeness (QED) is 0.807. The zero-order valence-electron chi connectivity index (χ0n) is 9.03. The Balaban J connectivity index is 2.48. The zero-order chi connectivity index (χ0) is 10.7. The van der Waals surface area contributed by atoms with Gasteiger partial charge >= 0.3 is 0 Å². The van der Waals surface area contributed by atoms with Crippen LogP contribution in [-0.4, -0.2) is 11.7 Å². The van der Waals surface area contributed by atoms with Crippen molar-refractivity contribution >= 4 is 10.8 Å². The molecule has 0 amide bonds. The molecule has 0 aliphatic rings. The minimum Gasteiger partial charge on any atom is -0.396 e. The highest BCUT2D eigenvalue weighted by molar-refractivity contribution is 5.86. The Morgan fingerprint density at radius 2 is 2.00 bits per heavy atom. The molecule has 0 atom stereocenters. The van der Waals surface area contributed by atoms with Crippen molar-refractivity contribution in [3.63, 3.8) is 0 Å². The summed E-state index contributed by atoms with van der Waals surface area (Å²) in [6.45, 7) is 2.38. The Morgan fingerprint density at radius 1 is 1.13 bits per heavy atom. The molecule has 0 aromatic heterocycles. The van der Waals surface area contributed by atoms with Crippen molar-refractivity contribution in [3.05, 3.63) is 47.5 Å². The summed E-state index contributed by atoms with van der Waals surface area (Å²) in [6.07, 6.45) is 1.80. The van der Waals surface area contributed by atoms with Crippen molar-refractivity contribution in [2.75, 3.05) is 6.61 Å². The molecule has 2 aromatic carbocycles. The van der Waals surface area contributed by atoms with E-state index >= 15 is 0 Å².